The third-order valence-electron chi connectivity index (χ3n) is 4.81. The van der Waals surface area contributed by atoms with Gasteiger partial charge in [0.25, 0.3) is 5.91 Å². The molecular weight excluding hydrogens is 364 g/mol. The van der Waals surface area contributed by atoms with Crippen LogP contribution in [0.5, 0.6) is 5.75 Å². The number of nitrogens with zero attached hydrogens (tertiary/aromatic N) is 3. The number of hydrogen-bond donors (Lipinski definition) is 1. The van der Waals surface area contributed by atoms with Crippen LogP contribution >= 0.6 is 0 Å². The highest BCUT2D eigenvalue weighted by Gasteiger charge is 2.17. The lowest BCUT2D eigenvalue weighted by molar-refractivity contribution is -0.127. The average molecular weight is 388 g/mol. The molecule has 0 saturated heterocycles. The van der Waals surface area contributed by atoms with E-state index in [0.717, 1.165) is 17.0 Å². The molecule has 1 amide bonds. The van der Waals surface area contributed by atoms with Crippen LogP contribution in [0.1, 0.15) is 35.0 Å². The van der Waals surface area contributed by atoms with Gasteiger partial charge in [-0.3, -0.25) is 9.48 Å². The zero-order valence-corrected chi connectivity index (χ0v) is 16.8. The van der Waals surface area contributed by atoms with Gasteiger partial charge in [0.15, 0.2) is 6.10 Å². The number of nitriles is 1. The average Bonchev–Trinajstić information content (AvgIpc) is 3.00. The molecule has 0 aliphatic rings. The smallest absolute Gasteiger partial charge is 0.261 e. The summed E-state index contributed by atoms with van der Waals surface area (Å²) in [6, 6.07) is 18.9. The number of aromatic nitrogens is 2. The van der Waals surface area contributed by atoms with Crippen LogP contribution in [0.3, 0.4) is 0 Å². The van der Waals surface area contributed by atoms with Gasteiger partial charge in [-0.2, -0.15) is 10.4 Å². The van der Waals surface area contributed by atoms with Gasteiger partial charge in [-0.1, -0.05) is 30.3 Å². The maximum absolute atomic E-state index is 12.4. The lowest BCUT2D eigenvalue weighted by Gasteiger charge is -2.15. The van der Waals surface area contributed by atoms with Crippen molar-refractivity contribution in [3.8, 4) is 11.8 Å². The van der Waals surface area contributed by atoms with Gasteiger partial charge in [0.2, 0.25) is 0 Å². The largest absolute Gasteiger partial charge is 0.481 e. The molecule has 0 aliphatic carbocycles. The van der Waals surface area contributed by atoms with Gasteiger partial charge >= 0.3 is 0 Å². The van der Waals surface area contributed by atoms with Crippen LogP contribution in [0.4, 0.5) is 0 Å². The second kappa shape index (κ2) is 9.07. The molecule has 1 aromatic heterocycles. The lowest BCUT2D eigenvalue weighted by Crippen LogP contribution is -2.36. The van der Waals surface area contributed by atoms with Crippen molar-refractivity contribution in [1.82, 2.24) is 15.1 Å². The third-order valence-corrected chi connectivity index (χ3v) is 4.81. The number of rotatable bonds is 7. The number of ether oxygens (including phenoxy) is 1. The van der Waals surface area contributed by atoms with Gasteiger partial charge in [0, 0.05) is 17.8 Å². The summed E-state index contributed by atoms with van der Waals surface area (Å²) in [5, 5.41) is 16.4. The maximum atomic E-state index is 12.4. The summed E-state index contributed by atoms with van der Waals surface area (Å²) in [6.07, 6.45) is -0.650. The number of aryl methyl sites for hydroxylation is 1. The number of carbonyl (C=O) groups is 1. The quantitative estimate of drug-likeness (QED) is 0.672. The summed E-state index contributed by atoms with van der Waals surface area (Å²) in [5.74, 6) is 0.346. The monoisotopic (exact) mass is 388 g/mol. The van der Waals surface area contributed by atoms with Gasteiger partial charge in [0.1, 0.15) is 5.75 Å². The van der Waals surface area contributed by atoms with Crippen LogP contribution in [-0.2, 0) is 17.9 Å². The van der Waals surface area contributed by atoms with Crippen LogP contribution in [0.2, 0.25) is 0 Å². The van der Waals surface area contributed by atoms with E-state index in [2.05, 4.69) is 28.6 Å². The first-order valence-electron chi connectivity index (χ1n) is 9.49. The molecule has 0 saturated carbocycles. The molecule has 6 heteroatoms. The van der Waals surface area contributed by atoms with Crippen molar-refractivity contribution in [1.29, 1.82) is 5.26 Å². The van der Waals surface area contributed by atoms with E-state index in [0.29, 0.717) is 24.4 Å². The Bertz CT molecular complexity index is 1020. The highest BCUT2D eigenvalue weighted by Crippen LogP contribution is 2.16. The lowest BCUT2D eigenvalue weighted by atomic mass is 10.2. The first kappa shape index (κ1) is 20.2. The van der Waals surface area contributed by atoms with Gasteiger partial charge in [0.05, 0.1) is 23.9 Å². The summed E-state index contributed by atoms with van der Waals surface area (Å²) < 4.78 is 7.63. The number of hydrogen-bond acceptors (Lipinski definition) is 4. The Morgan fingerprint density at radius 3 is 2.52 bits per heavy atom. The molecule has 2 aromatic carbocycles. The Morgan fingerprint density at radius 1 is 1.17 bits per heavy atom. The van der Waals surface area contributed by atoms with Crippen LogP contribution in [0, 0.1) is 25.2 Å². The summed E-state index contributed by atoms with van der Waals surface area (Å²) in [6.45, 7) is 6.76. The molecule has 0 radical (unpaired) electrons. The Kier molecular flexibility index (Phi) is 6.30. The van der Waals surface area contributed by atoms with Crippen molar-refractivity contribution in [2.75, 3.05) is 0 Å². The fourth-order valence-electron chi connectivity index (χ4n) is 3.09. The van der Waals surface area contributed by atoms with Gasteiger partial charge in [-0.05, 0) is 50.6 Å². The predicted molar refractivity (Wildman–Crippen MR) is 110 cm³/mol. The third kappa shape index (κ3) is 5.02. The number of nitrogens with one attached hydrogen (secondary N) is 1. The second-order valence-corrected chi connectivity index (χ2v) is 6.91. The van der Waals surface area contributed by atoms with E-state index >= 15 is 0 Å². The summed E-state index contributed by atoms with van der Waals surface area (Å²) in [7, 11) is 0. The van der Waals surface area contributed by atoms with E-state index in [1.54, 1.807) is 31.2 Å². The van der Waals surface area contributed by atoms with Crippen molar-refractivity contribution in [2.45, 2.75) is 40.0 Å². The van der Waals surface area contributed by atoms with Crippen molar-refractivity contribution in [3.05, 3.63) is 82.7 Å². The minimum absolute atomic E-state index is 0.205. The summed E-state index contributed by atoms with van der Waals surface area (Å²) in [4.78, 5) is 12.4. The zero-order valence-electron chi connectivity index (χ0n) is 16.8. The van der Waals surface area contributed by atoms with Crippen LogP contribution in [0.15, 0.2) is 54.6 Å². The Hall–Kier alpha value is -3.59. The molecule has 29 heavy (non-hydrogen) atoms. The van der Waals surface area contributed by atoms with Crippen LogP contribution in [0.25, 0.3) is 0 Å². The first-order valence-corrected chi connectivity index (χ1v) is 9.49. The van der Waals surface area contributed by atoms with E-state index in [1.807, 2.05) is 36.7 Å². The highest BCUT2D eigenvalue weighted by molar-refractivity contribution is 5.80. The Labute approximate surface area is 170 Å². The molecule has 3 rings (SSSR count). The zero-order chi connectivity index (χ0) is 20.8. The van der Waals surface area contributed by atoms with Gasteiger partial charge in [-0.15, -0.1) is 0 Å². The standard InChI is InChI=1S/C23H24N4O2/c1-16-22(17(2)27(26-16)15-20-7-5-4-6-8-20)14-25-23(28)18(3)29-21-11-9-19(13-24)10-12-21/h4-12,18H,14-15H2,1-3H3,(H,25,28)/t18-/m1/s1. The first-order chi connectivity index (χ1) is 14.0. The van der Waals surface area contributed by atoms with Crippen molar-refractivity contribution >= 4 is 5.91 Å². The molecule has 0 aliphatic heterocycles. The van der Waals surface area contributed by atoms with E-state index in [-0.39, 0.29) is 5.91 Å². The molecule has 6 nitrogen and oxygen atoms in total. The van der Waals surface area contributed by atoms with E-state index < -0.39 is 6.10 Å². The number of amides is 1. The molecule has 0 fully saturated rings. The topological polar surface area (TPSA) is 79.9 Å². The van der Waals surface area contributed by atoms with Crippen molar-refractivity contribution in [2.24, 2.45) is 0 Å². The highest BCUT2D eigenvalue weighted by atomic mass is 16.5. The number of benzene rings is 2. The van der Waals surface area contributed by atoms with Crippen molar-refractivity contribution in [3.63, 3.8) is 0 Å². The Morgan fingerprint density at radius 2 is 1.86 bits per heavy atom. The molecule has 1 atom stereocenters. The molecule has 148 valence electrons. The maximum Gasteiger partial charge on any atom is 0.261 e. The van der Waals surface area contributed by atoms with Gasteiger partial charge in [-0.25, -0.2) is 0 Å². The van der Waals surface area contributed by atoms with Crippen molar-refractivity contribution < 1.29 is 9.53 Å². The molecule has 1 heterocycles. The molecule has 3 aromatic rings. The van der Waals surface area contributed by atoms with E-state index in [1.165, 1.54) is 5.56 Å². The summed E-state index contributed by atoms with van der Waals surface area (Å²) in [5.41, 5.74) is 4.68. The normalized spacial score (nSPS) is 11.5. The second-order valence-electron chi connectivity index (χ2n) is 6.91. The van der Waals surface area contributed by atoms with Gasteiger partial charge < -0.3 is 10.1 Å². The minimum atomic E-state index is -0.650. The minimum Gasteiger partial charge on any atom is -0.481 e. The number of carbonyl (C=O) groups excluding carboxylic acids is 1. The predicted octanol–water partition coefficient (Wildman–Crippen LogP) is 3.50. The summed E-state index contributed by atoms with van der Waals surface area (Å²) >= 11 is 0. The van der Waals surface area contributed by atoms with E-state index in [4.69, 9.17) is 10.00 Å². The fourth-order valence-corrected chi connectivity index (χ4v) is 3.09. The van der Waals surface area contributed by atoms with Crippen LogP contribution in [-0.4, -0.2) is 21.8 Å². The molecule has 0 bridgehead atoms. The SMILES string of the molecule is Cc1nn(Cc2ccccc2)c(C)c1CNC(=O)[C@@H](C)Oc1ccc(C#N)cc1. The van der Waals surface area contributed by atoms with Crippen LogP contribution < -0.4 is 10.1 Å². The molecule has 0 unspecified atom stereocenters. The Balaban J connectivity index is 1.60. The van der Waals surface area contributed by atoms with E-state index in [9.17, 15) is 4.79 Å². The fraction of sp³-hybridized carbons (Fsp3) is 0.261. The molecular formula is C23H24N4O2. The molecule has 1 N–H and O–H groups in total. The molecule has 0 spiro atoms.